The van der Waals surface area contributed by atoms with E-state index in [2.05, 4.69) is 19.2 Å². The van der Waals surface area contributed by atoms with Crippen LogP contribution >= 0.6 is 0 Å². The van der Waals surface area contributed by atoms with Crippen LogP contribution in [0.4, 0.5) is 4.39 Å². The maximum atomic E-state index is 12.8. The Hall–Kier alpha value is -0.890. The van der Waals surface area contributed by atoms with Crippen LogP contribution in [-0.2, 0) is 0 Å². The second kappa shape index (κ2) is 4.31. The van der Waals surface area contributed by atoms with Crippen molar-refractivity contribution in [3.8, 4) is 0 Å². The highest BCUT2D eigenvalue weighted by molar-refractivity contribution is 5.24. The first kappa shape index (κ1) is 10.6. The molecule has 1 aromatic rings. The van der Waals surface area contributed by atoms with Gasteiger partial charge < -0.3 is 5.32 Å². The normalized spacial score (nSPS) is 30.7. The summed E-state index contributed by atoms with van der Waals surface area (Å²) in [5.74, 6) is 0.399. The van der Waals surface area contributed by atoms with Crippen molar-refractivity contribution in [3.63, 3.8) is 0 Å². The monoisotopic (exact) mass is 207 g/mol. The lowest BCUT2D eigenvalue weighted by Crippen LogP contribution is -2.28. The fourth-order valence-corrected chi connectivity index (χ4v) is 2.58. The van der Waals surface area contributed by atoms with Crippen molar-refractivity contribution in [3.05, 3.63) is 35.6 Å². The van der Waals surface area contributed by atoms with Crippen LogP contribution in [0.25, 0.3) is 0 Å². The van der Waals surface area contributed by atoms with Crippen LogP contribution in [0.3, 0.4) is 0 Å². The van der Waals surface area contributed by atoms with Crippen LogP contribution in [0, 0.1) is 5.82 Å². The van der Waals surface area contributed by atoms with Crippen LogP contribution in [-0.4, -0.2) is 12.1 Å². The molecule has 0 spiro atoms. The minimum atomic E-state index is -0.147. The number of nitrogens with one attached hydrogen (secondary N) is 1. The van der Waals surface area contributed by atoms with E-state index in [1.807, 2.05) is 12.1 Å². The zero-order valence-electron chi connectivity index (χ0n) is 9.33. The molecule has 1 aliphatic rings. The van der Waals surface area contributed by atoms with E-state index in [1.54, 1.807) is 12.1 Å². The molecule has 3 atom stereocenters. The standard InChI is InChI=1S/C13H18FN/c1-3-13-12(8-9(2)15-13)10-4-6-11(14)7-5-10/h4-7,9,12-13,15H,3,8H2,1-2H3. The van der Waals surface area contributed by atoms with E-state index in [4.69, 9.17) is 0 Å². The second-order valence-electron chi connectivity index (χ2n) is 4.48. The van der Waals surface area contributed by atoms with E-state index in [-0.39, 0.29) is 5.82 Å². The van der Waals surface area contributed by atoms with Crippen molar-refractivity contribution < 1.29 is 4.39 Å². The number of benzene rings is 1. The molecule has 2 heteroatoms. The minimum Gasteiger partial charge on any atom is -0.311 e. The Kier molecular flexibility index (Phi) is 3.06. The Balaban J connectivity index is 2.19. The molecule has 1 aromatic carbocycles. The summed E-state index contributed by atoms with van der Waals surface area (Å²) in [5.41, 5.74) is 1.26. The highest BCUT2D eigenvalue weighted by Crippen LogP contribution is 2.32. The zero-order chi connectivity index (χ0) is 10.8. The predicted octanol–water partition coefficient (Wildman–Crippen LogP) is 3.07. The molecule has 1 N–H and O–H groups in total. The SMILES string of the molecule is CCC1NC(C)CC1c1ccc(F)cc1. The van der Waals surface area contributed by atoms with Crippen molar-refractivity contribution in [1.82, 2.24) is 5.32 Å². The summed E-state index contributed by atoms with van der Waals surface area (Å²) >= 11 is 0. The van der Waals surface area contributed by atoms with Crippen LogP contribution in [0.1, 0.15) is 38.2 Å². The van der Waals surface area contributed by atoms with Gasteiger partial charge in [0.25, 0.3) is 0 Å². The molecule has 15 heavy (non-hydrogen) atoms. The molecule has 82 valence electrons. The van der Waals surface area contributed by atoms with E-state index in [9.17, 15) is 4.39 Å². The summed E-state index contributed by atoms with van der Waals surface area (Å²) in [4.78, 5) is 0. The predicted molar refractivity (Wildman–Crippen MR) is 60.4 cm³/mol. The first-order valence-electron chi connectivity index (χ1n) is 5.72. The van der Waals surface area contributed by atoms with Gasteiger partial charge in [0.05, 0.1) is 0 Å². The average Bonchev–Trinajstić information content (AvgIpc) is 2.61. The molecule has 0 aliphatic carbocycles. The smallest absolute Gasteiger partial charge is 0.123 e. The van der Waals surface area contributed by atoms with E-state index in [0.29, 0.717) is 18.0 Å². The van der Waals surface area contributed by atoms with Gasteiger partial charge in [0.1, 0.15) is 5.82 Å². The summed E-state index contributed by atoms with van der Waals surface area (Å²) < 4.78 is 12.8. The van der Waals surface area contributed by atoms with Gasteiger partial charge in [-0.3, -0.25) is 0 Å². The number of hydrogen-bond acceptors (Lipinski definition) is 1. The Morgan fingerprint density at radius 1 is 1.33 bits per heavy atom. The van der Waals surface area contributed by atoms with Gasteiger partial charge in [-0.1, -0.05) is 19.1 Å². The van der Waals surface area contributed by atoms with Gasteiger partial charge in [0, 0.05) is 18.0 Å². The van der Waals surface area contributed by atoms with E-state index in [1.165, 1.54) is 5.56 Å². The molecule has 0 radical (unpaired) electrons. The Morgan fingerprint density at radius 3 is 2.60 bits per heavy atom. The number of halogens is 1. The van der Waals surface area contributed by atoms with Gasteiger partial charge in [0.15, 0.2) is 0 Å². The van der Waals surface area contributed by atoms with Crippen molar-refractivity contribution >= 4 is 0 Å². The molecule has 2 rings (SSSR count). The van der Waals surface area contributed by atoms with Crippen molar-refractivity contribution in [2.24, 2.45) is 0 Å². The third-order valence-corrected chi connectivity index (χ3v) is 3.33. The van der Waals surface area contributed by atoms with Gasteiger partial charge in [-0.25, -0.2) is 4.39 Å². The van der Waals surface area contributed by atoms with Crippen LogP contribution in [0.2, 0.25) is 0 Å². The van der Waals surface area contributed by atoms with Crippen LogP contribution in [0.5, 0.6) is 0 Å². The summed E-state index contributed by atoms with van der Waals surface area (Å²) in [6, 6.07) is 8.08. The van der Waals surface area contributed by atoms with E-state index >= 15 is 0 Å². The van der Waals surface area contributed by atoms with Gasteiger partial charge in [-0.15, -0.1) is 0 Å². The van der Waals surface area contributed by atoms with Crippen molar-refractivity contribution in [2.45, 2.75) is 44.7 Å². The first-order chi connectivity index (χ1) is 7.20. The van der Waals surface area contributed by atoms with Gasteiger partial charge >= 0.3 is 0 Å². The molecule has 1 fully saturated rings. The Bertz CT molecular complexity index is 320. The minimum absolute atomic E-state index is 0.147. The number of hydrogen-bond donors (Lipinski definition) is 1. The number of rotatable bonds is 2. The topological polar surface area (TPSA) is 12.0 Å². The summed E-state index contributed by atoms with van der Waals surface area (Å²) in [7, 11) is 0. The lowest BCUT2D eigenvalue weighted by Gasteiger charge is -2.17. The molecule has 1 heterocycles. The average molecular weight is 207 g/mol. The zero-order valence-corrected chi connectivity index (χ0v) is 9.33. The molecule has 1 saturated heterocycles. The molecular weight excluding hydrogens is 189 g/mol. The molecule has 3 unspecified atom stereocenters. The summed E-state index contributed by atoms with van der Waals surface area (Å²) in [5, 5.41) is 3.57. The maximum absolute atomic E-state index is 12.8. The highest BCUT2D eigenvalue weighted by Gasteiger charge is 2.30. The molecule has 1 aliphatic heterocycles. The van der Waals surface area contributed by atoms with E-state index in [0.717, 1.165) is 12.8 Å². The Morgan fingerprint density at radius 2 is 2.00 bits per heavy atom. The third-order valence-electron chi connectivity index (χ3n) is 3.33. The molecule has 0 bridgehead atoms. The fourth-order valence-electron chi connectivity index (χ4n) is 2.58. The molecular formula is C13H18FN. The van der Waals surface area contributed by atoms with Crippen molar-refractivity contribution in [2.75, 3.05) is 0 Å². The van der Waals surface area contributed by atoms with Gasteiger partial charge in [-0.05, 0) is 37.5 Å². The van der Waals surface area contributed by atoms with Crippen LogP contribution < -0.4 is 5.32 Å². The quantitative estimate of drug-likeness (QED) is 0.786. The molecule has 0 aromatic heterocycles. The fraction of sp³-hybridized carbons (Fsp3) is 0.538. The van der Waals surface area contributed by atoms with E-state index < -0.39 is 0 Å². The molecule has 0 saturated carbocycles. The van der Waals surface area contributed by atoms with Gasteiger partial charge in [0.2, 0.25) is 0 Å². The first-order valence-corrected chi connectivity index (χ1v) is 5.72. The van der Waals surface area contributed by atoms with Crippen LogP contribution in [0.15, 0.2) is 24.3 Å². The molecule has 0 amide bonds. The molecule has 1 nitrogen and oxygen atoms in total. The Labute approximate surface area is 90.7 Å². The summed E-state index contributed by atoms with van der Waals surface area (Å²) in [6.45, 7) is 4.42. The third kappa shape index (κ3) is 2.20. The largest absolute Gasteiger partial charge is 0.311 e. The second-order valence-corrected chi connectivity index (χ2v) is 4.48. The lowest BCUT2D eigenvalue weighted by molar-refractivity contribution is 0.516. The summed E-state index contributed by atoms with van der Waals surface area (Å²) in [6.07, 6.45) is 2.29. The highest BCUT2D eigenvalue weighted by atomic mass is 19.1. The van der Waals surface area contributed by atoms with Gasteiger partial charge in [-0.2, -0.15) is 0 Å². The maximum Gasteiger partial charge on any atom is 0.123 e. The lowest BCUT2D eigenvalue weighted by atomic mass is 9.90. The van der Waals surface area contributed by atoms with Crippen molar-refractivity contribution in [1.29, 1.82) is 0 Å².